The van der Waals surface area contributed by atoms with Gasteiger partial charge in [-0.1, -0.05) is 44.6 Å². The maximum atomic E-state index is 10.1. The minimum atomic E-state index is -1.25. The van der Waals surface area contributed by atoms with E-state index in [1.54, 1.807) is 19.3 Å². The first-order valence-corrected chi connectivity index (χ1v) is 5.78. The fourth-order valence-electron chi connectivity index (χ4n) is 0.915. The van der Waals surface area contributed by atoms with Gasteiger partial charge in [0.15, 0.2) is 0 Å². The van der Waals surface area contributed by atoms with Crippen LogP contribution in [0.3, 0.4) is 0 Å². The topological polar surface area (TPSA) is 135 Å². The number of carbonyl (C=O) groups is 1. The maximum absolute atomic E-state index is 10.1. The van der Waals surface area contributed by atoms with Crippen LogP contribution in [-0.2, 0) is 41.3 Å². The van der Waals surface area contributed by atoms with E-state index in [0.29, 0.717) is 5.82 Å². The Kier molecular flexibility index (Phi) is 77.4. The molecule has 0 spiro atoms. The number of rotatable bonds is 0. The van der Waals surface area contributed by atoms with E-state index in [4.69, 9.17) is 3.57 Å². The van der Waals surface area contributed by atoms with Crippen molar-refractivity contribution in [3.05, 3.63) is 36.4 Å². The molecule has 2 heterocycles. The number of carbonyl (C=O) groups excluding carboxylic acids is 1. The van der Waals surface area contributed by atoms with E-state index in [-0.39, 0.29) is 87.8 Å². The molecule has 2 aromatic rings. The van der Waals surface area contributed by atoms with Crippen LogP contribution in [0.1, 0.15) is 56.2 Å². The van der Waals surface area contributed by atoms with Crippen molar-refractivity contribution in [3.63, 3.8) is 0 Å². The van der Waals surface area contributed by atoms with Crippen molar-refractivity contribution in [3.8, 4) is 0 Å². The second-order valence-electron chi connectivity index (χ2n) is 2.78. The molecular formula is C15H37N4O4Zn2-. The average molecular weight is 468 g/mol. The molecule has 0 unspecified atom stereocenters. The molecular weight excluding hydrogens is 431 g/mol. The number of carboxylic acid groups (broad SMARTS) is 1. The molecule has 2 rings (SSSR count). The van der Waals surface area contributed by atoms with Crippen LogP contribution in [0.15, 0.2) is 24.8 Å². The van der Waals surface area contributed by atoms with Gasteiger partial charge in [-0.3, -0.25) is 4.57 Å². The Bertz CT molecular complexity index is 452. The predicted octanol–water partition coefficient (Wildman–Crippen LogP) is 2.97. The Morgan fingerprint density at radius 3 is 1.60 bits per heavy atom. The molecule has 0 saturated heterocycles. The fraction of sp³-hybridized carbons (Fsp3) is 0.533. The van der Waals surface area contributed by atoms with Gasteiger partial charge in [0.2, 0.25) is 0 Å². The summed E-state index contributed by atoms with van der Waals surface area (Å²) in [5, 5.41) is 10.1. The summed E-state index contributed by atoms with van der Waals surface area (Å²) in [6.45, 7) is 3.51. The number of nitrogens with zero attached hydrogens (tertiary/aromatic N) is 3. The SMILES string of the molecule is C.C.C.C.C.C.Cc1ncc[nH]1.Cc1nccn1C(=O)[O-].O.[O]=[Zn].[Zn]. The van der Waals surface area contributed by atoms with Crippen LogP contribution in [0.2, 0.25) is 0 Å². The summed E-state index contributed by atoms with van der Waals surface area (Å²) in [5.74, 6) is 1.39. The van der Waals surface area contributed by atoms with Gasteiger partial charge in [0, 0.05) is 44.3 Å². The quantitative estimate of drug-likeness (QED) is 0.593. The molecule has 10 heteroatoms. The summed E-state index contributed by atoms with van der Waals surface area (Å²) >= 11 is 0.125. The first-order chi connectivity index (χ1) is 8.11. The zero-order chi connectivity index (χ0) is 13.3. The average Bonchev–Trinajstić information content (AvgIpc) is 2.93. The van der Waals surface area contributed by atoms with Crippen LogP contribution in [0, 0.1) is 13.8 Å². The van der Waals surface area contributed by atoms with E-state index in [9.17, 15) is 9.90 Å². The molecule has 0 aliphatic carbocycles. The minimum absolute atomic E-state index is 0. The van der Waals surface area contributed by atoms with Crippen LogP contribution >= 0.6 is 0 Å². The molecule has 3 N–H and O–H groups in total. The molecule has 0 amide bonds. The van der Waals surface area contributed by atoms with Gasteiger partial charge in [-0.15, -0.1) is 0 Å². The van der Waals surface area contributed by atoms with Gasteiger partial charge in [-0.2, -0.15) is 0 Å². The van der Waals surface area contributed by atoms with Crippen molar-refractivity contribution in [1.82, 2.24) is 19.5 Å². The second kappa shape index (κ2) is 34.3. The van der Waals surface area contributed by atoms with Gasteiger partial charge in [0.1, 0.15) is 17.7 Å². The third-order valence-corrected chi connectivity index (χ3v) is 1.66. The van der Waals surface area contributed by atoms with Gasteiger partial charge < -0.3 is 20.4 Å². The van der Waals surface area contributed by atoms with Crippen molar-refractivity contribution in [1.29, 1.82) is 0 Å². The van der Waals surface area contributed by atoms with E-state index in [1.807, 2.05) is 6.92 Å². The minimum Gasteiger partial charge on any atom is 0 e. The van der Waals surface area contributed by atoms with E-state index < -0.39 is 6.09 Å². The number of hydrogen-bond donors (Lipinski definition) is 1. The van der Waals surface area contributed by atoms with Crippen LogP contribution in [0.25, 0.3) is 0 Å². The molecule has 0 bridgehead atoms. The number of hydrogen-bond acceptors (Lipinski definition) is 5. The van der Waals surface area contributed by atoms with Crippen LogP contribution in [-0.4, -0.2) is 31.1 Å². The summed E-state index contributed by atoms with van der Waals surface area (Å²) in [4.78, 5) is 20.5. The molecule has 0 saturated carbocycles. The Morgan fingerprint density at radius 2 is 1.48 bits per heavy atom. The molecule has 8 nitrogen and oxygen atoms in total. The number of nitrogens with one attached hydrogen (secondary N) is 1. The molecule has 146 valence electrons. The monoisotopic (exact) mass is 465 g/mol. The van der Waals surface area contributed by atoms with Gasteiger partial charge in [0.05, 0.1) is 0 Å². The van der Waals surface area contributed by atoms with E-state index >= 15 is 0 Å². The van der Waals surface area contributed by atoms with E-state index in [2.05, 4.69) is 15.0 Å². The predicted molar refractivity (Wildman–Crippen MR) is 95.8 cm³/mol. The smallest absolute Gasteiger partial charge is 0 e. The Balaban J connectivity index is -0.0000000211. The van der Waals surface area contributed by atoms with Gasteiger partial charge >= 0.3 is 21.8 Å². The standard InChI is InChI=1S/C5H6N2O2.C4H6N2.6CH4.H2O.O.2Zn/c1-4-6-2-3-7(4)5(8)9;1-4-5-2-3-6-4;;;;;;;;;;/h2-3H,1H3,(H,8,9);2-3H,1H3,(H,5,6);6*1H4;1H2;;;/p-1. The number of aromatic amines is 1. The van der Waals surface area contributed by atoms with Crippen LogP contribution < -0.4 is 5.11 Å². The largest absolute Gasteiger partial charge is 0 e. The van der Waals surface area contributed by atoms with Crippen molar-refractivity contribution in [2.24, 2.45) is 0 Å². The summed E-state index contributed by atoms with van der Waals surface area (Å²) in [5.41, 5.74) is 0. The van der Waals surface area contributed by atoms with Crippen LogP contribution in [0.4, 0.5) is 4.79 Å². The van der Waals surface area contributed by atoms with Crippen molar-refractivity contribution in [2.45, 2.75) is 58.4 Å². The molecule has 2 aromatic heterocycles. The summed E-state index contributed by atoms with van der Waals surface area (Å²) in [6.07, 6.45) is 5.03. The first-order valence-electron chi connectivity index (χ1n) is 4.57. The zero-order valence-corrected chi connectivity index (χ0v) is 16.7. The van der Waals surface area contributed by atoms with E-state index in [1.165, 1.54) is 12.4 Å². The summed E-state index contributed by atoms with van der Waals surface area (Å²) in [7, 11) is 0. The molecule has 0 fully saturated rings. The summed E-state index contributed by atoms with van der Waals surface area (Å²) in [6, 6.07) is 0. The van der Waals surface area contributed by atoms with Crippen molar-refractivity contribution in [2.75, 3.05) is 0 Å². The Labute approximate surface area is 176 Å². The molecule has 25 heavy (non-hydrogen) atoms. The second-order valence-corrected chi connectivity index (χ2v) is 2.78. The van der Waals surface area contributed by atoms with Gasteiger partial charge in [-0.05, 0) is 13.8 Å². The molecule has 0 aromatic carbocycles. The van der Waals surface area contributed by atoms with Gasteiger partial charge in [0.25, 0.3) is 0 Å². The van der Waals surface area contributed by atoms with Gasteiger partial charge in [-0.25, -0.2) is 9.97 Å². The Morgan fingerprint density at radius 1 is 1.04 bits per heavy atom. The third-order valence-electron chi connectivity index (χ3n) is 1.66. The number of H-pyrrole nitrogens is 1. The van der Waals surface area contributed by atoms with E-state index in [0.717, 1.165) is 10.4 Å². The number of aromatic nitrogens is 4. The third kappa shape index (κ3) is 25.3. The fourth-order valence-corrected chi connectivity index (χ4v) is 0.915. The molecule has 0 aliphatic heterocycles. The first kappa shape index (κ1) is 56.5. The molecule has 0 radical (unpaired) electrons. The van der Waals surface area contributed by atoms with Crippen LogP contribution in [0.5, 0.6) is 0 Å². The summed E-state index contributed by atoms with van der Waals surface area (Å²) < 4.78 is 9.32. The number of imidazole rings is 2. The van der Waals surface area contributed by atoms with Crippen molar-refractivity contribution >= 4 is 6.09 Å². The van der Waals surface area contributed by atoms with Crippen molar-refractivity contribution < 1.29 is 56.7 Å². The normalized spacial score (nSPS) is 5.76. The zero-order valence-electron chi connectivity index (χ0n) is 10.8. The molecule has 0 atom stereocenters. The number of aryl methyl sites for hydroxylation is 2. The Hall–Kier alpha value is -1.10. The maximum Gasteiger partial charge on any atom is 0 e. The molecule has 0 aliphatic rings.